The summed E-state index contributed by atoms with van der Waals surface area (Å²) >= 11 is 0. The van der Waals surface area contributed by atoms with E-state index in [9.17, 15) is 0 Å². The van der Waals surface area contributed by atoms with E-state index >= 15 is 0 Å². The number of aliphatic hydroxyl groups excluding tert-OH is 1. The molecule has 0 radical (unpaired) electrons. The molecular weight excluding hydrogens is 218 g/mol. The van der Waals surface area contributed by atoms with Gasteiger partial charge in [-0.2, -0.15) is 0 Å². The number of rotatable bonds is 4. The van der Waals surface area contributed by atoms with Gasteiger partial charge >= 0.3 is 0 Å². The van der Waals surface area contributed by atoms with Gasteiger partial charge in [0, 0.05) is 38.2 Å². The molecule has 1 aliphatic rings. The highest BCUT2D eigenvalue weighted by Crippen LogP contribution is 2.20. The van der Waals surface area contributed by atoms with Gasteiger partial charge in [0.25, 0.3) is 0 Å². The fraction of sp³-hybridized carbons (Fsp3) is 0.667. The topological polar surface area (TPSA) is 58.5 Å². The summed E-state index contributed by atoms with van der Waals surface area (Å²) in [6, 6.07) is 0. The van der Waals surface area contributed by atoms with E-state index in [1.807, 2.05) is 0 Å². The molecule has 94 valence electrons. The molecule has 1 unspecified atom stereocenters. The number of methoxy groups -OCH3 is 1. The summed E-state index contributed by atoms with van der Waals surface area (Å²) in [5.41, 5.74) is 0.749. The molecule has 0 saturated carbocycles. The summed E-state index contributed by atoms with van der Waals surface area (Å²) in [5, 5.41) is 8.94. The smallest absolute Gasteiger partial charge is 0.225 e. The maximum atomic E-state index is 8.94. The minimum absolute atomic E-state index is 0.00736. The lowest BCUT2D eigenvalue weighted by Crippen LogP contribution is -2.38. The molecule has 1 aromatic heterocycles. The Hall–Kier alpha value is -1.20. The summed E-state index contributed by atoms with van der Waals surface area (Å²) in [6.45, 7) is 2.74. The van der Waals surface area contributed by atoms with Crippen molar-refractivity contribution in [2.75, 3.05) is 31.7 Å². The number of hydrogen-bond acceptors (Lipinski definition) is 5. The van der Waals surface area contributed by atoms with Crippen LogP contribution in [0, 0.1) is 5.92 Å². The second-order valence-electron chi connectivity index (χ2n) is 4.46. The first-order valence-corrected chi connectivity index (χ1v) is 5.99. The fourth-order valence-electron chi connectivity index (χ4n) is 2.21. The molecule has 0 amide bonds. The van der Waals surface area contributed by atoms with E-state index in [0.717, 1.165) is 37.6 Å². The number of anilines is 1. The minimum Gasteiger partial charge on any atom is -0.392 e. The van der Waals surface area contributed by atoms with Crippen molar-refractivity contribution in [2.24, 2.45) is 5.92 Å². The van der Waals surface area contributed by atoms with Crippen LogP contribution >= 0.6 is 0 Å². The quantitative estimate of drug-likeness (QED) is 0.840. The van der Waals surface area contributed by atoms with Crippen LogP contribution in [0.15, 0.2) is 12.4 Å². The van der Waals surface area contributed by atoms with Gasteiger partial charge in [-0.15, -0.1) is 0 Å². The van der Waals surface area contributed by atoms with Gasteiger partial charge in [0.15, 0.2) is 0 Å². The normalized spacial score (nSPS) is 20.6. The minimum atomic E-state index is -0.00736. The van der Waals surface area contributed by atoms with Crippen LogP contribution in [-0.2, 0) is 11.3 Å². The Labute approximate surface area is 101 Å². The molecule has 0 aromatic carbocycles. The zero-order valence-corrected chi connectivity index (χ0v) is 10.2. The van der Waals surface area contributed by atoms with Gasteiger partial charge < -0.3 is 14.7 Å². The molecule has 1 fully saturated rings. The Morgan fingerprint density at radius 3 is 2.88 bits per heavy atom. The van der Waals surface area contributed by atoms with E-state index in [1.54, 1.807) is 19.5 Å². The zero-order valence-electron chi connectivity index (χ0n) is 10.2. The molecule has 1 N–H and O–H groups in total. The zero-order chi connectivity index (χ0) is 12.1. The number of hydrogen-bond donors (Lipinski definition) is 1. The van der Waals surface area contributed by atoms with Crippen molar-refractivity contribution in [3.63, 3.8) is 0 Å². The van der Waals surface area contributed by atoms with Crippen LogP contribution in [0.25, 0.3) is 0 Å². The highest BCUT2D eigenvalue weighted by Gasteiger charge is 2.21. The number of aliphatic hydroxyl groups is 1. The van der Waals surface area contributed by atoms with Crippen LogP contribution in [-0.4, -0.2) is 41.9 Å². The lowest BCUT2D eigenvalue weighted by molar-refractivity contribution is 0.143. The lowest BCUT2D eigenvalue weighted by Gasteiger charge is -2.32. The molecule has 1 aliphatic heterocycles. The highest BCUT2D eigenvalue weighted by atomic mass is 16.5. The second-order valence-corrected chi connectivity index (χ2v) is 4.46. The monoisotopic (exact) mass is 237 g/mol. The van der Waals surface area contributed by atoms with Crippen molar-refractivity contribution in [3.8, 4) is 0 Å². The Kier molecular flexibility index (Phi) is 4.28. The second kappa shape index (κ2) is 5.93. The molecule has 0 aliphatic carbocycles. The number of piperidine rings is 1. The highest BCUT2D eigenvalue weighted by molar-refractivity contribution is 5.30. The van der Waals surface area contributed by atoms with Crippen molar-refractivity contribution in [1.29, 1.82) is 0 Å². The molecular formula is C12H19N3O2. The number of nitrogens with zero attached hydrogens (tertiary/aromatic N) is 3. The first kappa shape index (κ1) is 12.3. The Morgan fingerprint density at radius 1 is 1.47 bits per heavy atom. The van der Waals surface area contributed by atoms with Crippen LogP contribution in [0.1, 0.15) is 18.4 Å². The predicted octanol–water partition coefficient (Wildman–Crippen LogP) is 0.832. The molecule has 5 nitrogen and oxygen atoms in total. The summed E-state index contributed by atoms with van der Waals surface area (Å²) in [7, 11) is 1.74. The van der Waals surface area contributed by atoms with Crippen molar-refractivity contribution in [3.05, 3.63) is 18.0 Å². The van der Waals surface area contributed by atoms with E-state index in [2.05, 4.69) is 14.9 Å². The molecule has 1 saturated heterocycles. The van der Waals surface area contributed by atoms with E-state index in [-0.39, 0.29) is 6.61 Å². The lowest BCUT2D eigenvalue weighted by atomic mass is 9.99. The van der Waals surface area contributed by atoms with Crippen molar-refractivity contribution in [2.45, 2.75) is 19.4 Å². The number of aromatic nitrogens is 2. The van der Waals surface area contributed by atoms with E-state index < -0.39 is 0 Å². The maximum Gasteiger partial charge on any atom is 0.225 e. The van der Waals surface area contributed by atoms with E-state index in [4.69, 9.17) is 9.84 Å². The summed E-state index contributed by atoms with van der Waals surface area (Å²) in [4.78, 5) is 10.8. The van der Waals surface area contributed by atoms with Crippen LogP contribution in [0.2, 0.25) is 0 Å². The largest absolute Gasteiger partial charge is 0.392 e. The third-order valence-corrected chi connectivity index (χ3v) is 3.08. The van der Waals surface area contributed by atoms with E-state index in [1.165, 1.54) is 6.42 Å². The molecule has 2 rings (SSSR count). The van der Waals surface area contributed by atoms with Crippen molar-refractivity contribution >= 4 is 5.95 Å². The average molecular weight is 237 g/mol. The molecule has 5 heteroatoms. The first-order valence-electron chi connectivity index (χ1n) is 5.99. The van der Waals surface area contributed by atoms with Gasteiger partial charge in [0.05, 0.1) is 13.2 Å². The Morgan fingerprint density at radius 2 is 2.24 bits per heavy atom. The predicted molar refractivity (Wildman–Crippen MR) is 64.8 cm³/mol. The Bertz CT molecular complexity index is 340. The first-order chi connectivity index (χ1) is 8.33. The summed E-state index contributed by atoms with van der Waals surface area (Å²) in [6.07, 6.45) is 5.72. The molecule has 0 bridgehead atoms. The summed E-state index contributed by atoms with van der Waals surface area (Å²) in [5.74, 6) is 1.32. The third-order valence-electron chi connectivity index (χ3n) is 3.08. The molecule has 0 spiro atoms. The summed E-state index contributed by atoms with van der Waals surface area (Å²) < 4.78 is 5.20. The van der Waals surface area contributed by atoms with Gasteiger partial charge in [-0.3, -0.25) is 0 Å². The van der Waals surface area contributed by atoms with Crippen LogP contribution in [0.3, 0.4) is 0 Å². The van der Waals surface area contributed by atoms with Crippen LogP contribution in [0.4, 0.5) is 5.95 Å². The maximum absolute atomic E-state index is 8.94. The third kappa shape index (κ3) is 3.14. The molecule has 17 heavy (non-hydrogen) atoms. The molecule has 1 aromatic rings. The van der Waals surface area contributed by atoms with Gasteiger partial charge in [0.1, 0.15) is 0 Å². The average Bonchev–Trinajstić information content (AvgIpc) is 2.40. The van der Waals surface area contributed by atoms with Crippen LogP contribution < -0.4 is 4.90 Å². The van der Waals surface area contributed by atoms with Gasteiger partial charge in [0.2, 0.25) is 5.95 Å². The molecule has 1 atom stereocenters. The van der Waals surface area contributed by atoms with Gasteiger partial charge in [-0.05, 0) is 18.8 Å². The fourth-order valence-corrected chi connectivity index (χ4v) is 2.21. The van der Waals surface area contributed by atoms with Crippen molar-refractivity contribution < 1.29 is 9.84 Å². The van der Waals surface area contributed by atoms with Gasteiger partial charge in [-0.1, -0.05) is 0 Å². The van der Waals surface area contributed by atoms with Crippen molar-refractivity contribution in [1.82, 2.24) is 9.97 Å². The SMILES string of the molecule is COCC1CCCN(c2ncc(CO)cn2)C1. The van der Waals surface area contributed by atoms with E-state index in [0.29, 0.717) is 5.92 Å². The Balaban J connectivity index is 2.00. The number of ether oxygens (including phenoxy) is 1. The van der Waals surface area contributed by atoms with Crippen LogP contribution in [0.5, 0.6) is 0 Å². The molecule has 2 heterocycles. The van der Waals surface area contributed by atoms with Gasteiger partial charge in [-0.25, -0.2) is 9.97 Å². The standard InChI is InChI=1S/C12H19N3O2/c1-17-9-10-3-2-4-15(7-10)12-13-5-11(8-16)6-14-12/h5-6,10,16H,2-4,7-9H2,1H3.